The van der Waals surface area contributed by atoms with Gasteiger partial charge in [0.1, 0.15) is 5.82 Å². The van der Waals surface area contributed by atoms with Crippen LogP contribution in [0.4, 0.5) is 4.39 Å². The molecule has 0 bridgehead atoms. The minimum Gasteiger partial charge on any atom is -0.462 e. The summed E-state index contributed by atoms with van der Waals surface area (Å²) >= 11 is 1.43. The number of rotatable bonds is 5. The lowest BCUT2D eigenvalue weighted by Crippen LogP contribution is -2.28. The molecule has 118 valence electrons. The van der Waals surface area contributed by atoms with E-state index in [2.05, 4.69) is 4.98 Å². The van der Waals surface area contributed by atoms with E-state index in [0.717, 1.165) is 5.01 Å². The van der Waals surface area contributed by atoms with E-state index >= 15 is 0 Å². The van der Waals surface area contributed by atoms with Crippen molar-refractivity contribution >= 4 is 17.2 Å². The first-order valence-electron chi connectivity index (χ1n) is 7.09. The first kappa shape index (κ1) is 15.4. The van der Waals surface area contributed by atoms with Crippen LogP contribution in [0.25, 0.3) is 10.8 Å². The van der Waals surface area contributed by atoms with Gasteiger partial charge in [0.25, 0.3) is 0 Å². The summed E-state index contributed by atoms with van der Waals surface area (Å²) in [6.07, 6.45) is 1.77. The Kier molecular flexibility index (Phi) is 4.52. The van der Waals surface area contributed by atoms with Crippen molar-refractivity contribution in [3.63, 3.8) is 0 Å². The van der Waals surface area contributed by atoms with Crippen molar-refractivity contribution in [1.82, 2.24) is 9.88 Å². The van der Waals surface area contributed by atoms with Gasteiger partial charge in [-0.3, -0.25) is 4.79 Å². The molecule has 3 aromatic rings. The van der Waals surface area contributed by atoms with E-state index in [1.807, 2.05) is 11.4 Å². The Morgan fingerprint density at radius 2 is 2.13 bits per heavy atom. The summed E-state index contributed by atoms with van der Waals surface area (Å²) in [6, 6.07) is 10.1. The zero-order chi connectivity index (χ0) is 16.2. The van der Waals surface area contributed by atoms with Gasteiger partial charge in [-0.1, -0.05) is 18.2 Å². The fraction of sp³-hybridized carbons (Fsp3) is 0.176. The second kappa shape index (κ2) is 6.75. The normalized spacial score (nSPS) is 10.7. The quantitative estimate of drug-likeness (QED) is 0.716. The average Bonchev–Trinajstić information content (AvgIpc) is 3.20. The lowest BCUT2D eigenvalue weighted by atomic mass is 10.2. The van der Waals surface area contributed by atoms with E-state index in [0.29, 0.717) is 17.0 Å². The molecule has 0 saturated carbocycles. The molecular formula is C17H15FN2O2S. The highest BCUT2D eigenvalue weighted by Crippen LogP contribution is 2.24. The number of nitrogens with zero attached hydrogens (tertiary/aromatic N) is 2. The maximum atomic E-state index is 13.6. The van der Waals surface area contributed by atoms with Crippen molar-refractivity contribution in [3.05, 3.63) is 65.1 Å². The van der Waals surface area contributed by atoms with Crippen LogP contribution in [0.15, 0.2) is 52.5 Å². The number of carbonyl (C=O) groups excluding carboxylic acids is 1. The summed E-state index contributed by atoms with van der Waals surface area (Å²) in [6.45, 7) is 0.237. The Balaban J connectivity index is 1.64. The lowest BCUT2D eigenvalue weighted by Gasteiger charge is -2.17. The molecule has 2 aromatic heterocycles. The number of furan rings is 1. The number of halogens is 1. The number of amides is 1. The summed E-state index contributed by atoms with van der Waals surface area (Å²) in [7, 11) is 1.66. The highest BCUT2D eigenvalue weighted by molar-refractivity contribution is 7.13. The second-order valence-corrected chi connectivity index (χ2v) is 6.00. The molecule has 6 heteroatoms. The van der Waals surface area contributed by atoms with Crippen LogP contribution in [-0.4, -0.2) is 22.8 Å². The van der Waals surface area contributed by atoms with Crippen LogP contribution < -0.4 is 0 Å². The van der Waals surface area contributed by atoms with Gasteiger partial charge in [-0.15, -0.1) is 11.3 Å². The van der Waals surface area contributed by atoms with E-state index in [4.69, 9.17) is 4.42 Å². The van der Waals surface area contributed by atoms with E-state index in [-0.39, 0.29) is 24.7 Å². The van der Waals surface area contributed by atoms with E-state index in [1.165, 1.54) is 22.3 Å². The van der Waals surface area contributed by atoms with E-state index in [9.17, 15) is 9.18 Å². The number of hydrogen-bond donors (Lipinski definition) is 0. The van der Waals surface area contributed by atoms with Gasteiger partial charge < -0.3 is 9.32 Å². The molecule has 0 saturated heterocycles. The summed E-state index contributed by atoms with van der Waals surface area (Å²) in [5.74, 6) is 0.277. The number of aromatic nitrogens is 1. The summed E-state index contributed by atoms with van der Waals surface area (Å²) in [4.78, 5) is 18.2. The highest BCUT2D eigenvalue weighted by atomic mass is 32.1. The molecule has 0 radical (unpaired) electrons. The molecule has 0 aliphatic rings. The molecule has 0 aliphatic carbocycles. The van der Waals surface area contributed by atoms with Gasteiger partial charge in [0.05, 0.1) is 18.4 Å². The van der Waals surface area contributed by atoms with Crippen LogP contribution in [0.2, 0.25) is 0 Å². The summed E-state index contributed by atoms with van der Waals surface area (Å²) in [5.41, 5.74) is 1.18. The molecule has 4 nitrogen and oxygen atoms in total. The molecule has 2 heterocycles. The predicted molar refractivity (Wildman–Crippen MR) is 86.4 cm³/mol. The fourth-order valence-corrected chi connectivity index (χ4v) is 2.95. The molecule has 1 aromatic carbocycles. The van der Waals surface area contributed by atoms with Gasteiger partial charge in [0, 0.05) is 24.5 Å². The monoisotopic (exact) mass is 330 g/mol. The molecule has 0 atom stereocenters. The van der Waals surface area contributed by atoms with Crippen LogP contribution in [-0.2, 0) is 17.8 Å². The van der Waals surface area contributed by atoms with Crippen LogP contribution in [0.3, 0.4) is 0 Å². The minimum absolute atomic E-state index is 0.107. The Morgan fingerprint density at radius 1 is 1.30 bits per heavy atom. The maximum absolute atomic E-state index is 13.6. The lowest BCUT2D eigenvalue weighted by molar-refractivity contribution is -0.129. The van der Waals surface area contributed by atoms with Crippen molar-refractivity contribution in [1.29, 1.82) is 0 Å². The van der Waals surface area contributed by atoms with Crippen molar-refractivity contribution in [2.75, 3.05) is 7.05 Å². The van der Waals surface area contributed by atoms with Gasteiger partial charge in [0.2, 0.25) is 5.91 Å². The number of thiazole rings is 1. The Bertz CT molecular complexity index is 799. The molecule has 1 amide bonds. The highest BCUT2D eigenvalue weighted by Gasteiger charge is 2.15. The van der Waals surface area contributed by atoms with Gasteiger partial charge in [-0.25, -0.2) is 9.37 Å². The minimum atomic E-state index is -0.305. The third-order valence-electron chi connectivity index (χ3n) is 3.41. The largest absolute Gasteiger partial charge is 0.462 e. The first-order chi connectivity index (χ1) is 11.1. The SMILES string of the molecule is CN(Cc1ccccc1F)C(=O)Cc1csc(-c2ccco2)n1. The molecule has 23 heavy (non-hydrogen) atoms. The van der Waals surface area contributed by atoms with Gasteiger partial charge >= 0.3 is 0 Å². The molecule has 0 N–H and O–H groups in total. The predicted octanol–water partition coefficient (Wildman–Crippen LogP) is 3.74. The van der Waals surface area contributed by atoms with Gasteiger partial charge in [-0.2, -0.15) is 0 Å². The van der Waals surface area contributed by atoms with Crippen LogP contribution >= 0.6 is 11.3 Å². The molecular weight excluding hydrogens is 315 g/mol. The fourth-order valence-electron chi connectivity index (χ4n) is 2.16. The number of hydrogen-bond acceptors (Lipinski definition) is 4. The summed E-state index contributed by atoms with van der Waals surface area (Å²) < 4.78 is 18.9. The zero-order valence-electron chi connectivity index (χ0n) is 12.5. The summed E-state index contributed by atoms with van der Waals surface area (Å²) in [5, 5.41) is 2.58. The van der Waals surface area contributed by atoms with E-state index < -0.39 is 0 Å². The Morgan fingerprint density at radius 3 is 2.87 bits per heavy atom. The Labute approximate surface area is 137 Å². The molecule has 0 fully saturated rings. The number of likely N-dealkylation sites (N-methyl/N-ethyl adjacent to an activating group) is 1. The second-order valence-electron chi connectivity index (χ2n) is 5.14. The molecule has 0 spiro atoms. The van der Waals surface area contributed by atoms with Crippen LogP contribution in [0, 0.1) is 5.82 Å². The Hall–Kier alpha value is -2.47. The average molecular weight is 330 g/mol. The number of carbonyl (C=O) groups is 1. The van der Waals surface area contributed by atoms with Crippen molar-refractivity contribution in [2.45, 2.75) is 13.0 Å². The van der Waals surface area contributed by atoms with Gasteiger partial charge in [0.15, 0.2) is 10.8 Å². The van der Waals surface area contributed by atoms with E-state index in [1.54, 1.807) is 37.6 Å². The smallest absolute Gasteiger partial charge is 0.228 e. The van der Waals surface area contributed by atoms with Crippen LogP contribution in [0.1, 0.15) is 11.3 Å². The van der Waals surface area contributed by atoms with Crippen LogP contribution in [0.5, 0.6) is 0 Å². The molecule has 0 aliphatic heterocycles. The maximum Gasteiger partial charge on any atom is 0.228 e. The molecule has 0 unspecified atom stereocenters. The first-order valence-corrected chi connectivity index (χ1v) is 7.97. The van der Waals surface area contributed by atoms with Crippen molar-refractivity contribution < 1.29 is 13.6 Å². The topological polar surface area (TPSA) is 46.3 Å². The third-order valence-corrected chi connectivity index (χ3v) is 4.31. The molecule has 3 rings (SSSR count). The van der Waals surface area contributed by atoms with Crippen molar-refractivity contribution in [2.24, 2.45) is 0 Å². The number of benzene rings is 1. The third kappa shape index (κ3) is 3.65. The standard InChI is InChI=1S/C17H15FN2O2S/c1-20(10-12-5-2-3-6-14(12)18)16(21)9-13-11-23-17(19-13)15-7-4-8-22-15/h2-8,11H,9-10H2,1H3. The van der Waals surface area contributed by atoms with Crippen molar-refractivity contribution in [3.8, 4) is 10.8 Å². The zero-order valence-corrected chi connectivity index (χ0v) is 13.3. The van der Waals surface area contributed by atoms with Gasteiger partial charge in [-0.05, 0) is 18.2 Å².